The highest BCUT2D eigenvalue weighted by molar-refractivity contribution is 5.78. The number of rotatable bonds is 3. The first-order valence-corrected chi connectivity index (χ1v) is 6.14. The van der Waals surface area contributed by atoms with Crippen LogP contribution in [0.15, 0.2) is 24.3 Å². The van der Waals surface area contributed by atoms with Crippen LogP contribution < -0.4 is 15.8 Å². The van der Waals surface area contributed by atoms with E-state index >= 15 is 0 Å². The van der Waals surface area contributed by atoms with Gasteiger partial charge in [-0.2, -0.15) is 0 Å². The fraction of sp³-hybridized carbons (Fsp3) is 0.462. The van der Waals surface area contributed by atoms with Gasteiger partial charge < -0.3 is 20.7 Å². The Hall–Kier alpha value is -1.75. The smallest absolute Gasteiger partial charge is 0.260 e. The van der Waals surface area contributed by atoms with Crippen LogP contribution in [0.2, 0.25) is 0 Å². The van der Waals surface area contributed by atoms with Crippen molar-refractivity contribution in [1.29, 1.82) is 0 Å². The van der Waals surface area contributed by atoms with Crippen LogP contribution in [0.5, 0.6) is 5.75 Å². The molecule has 98 valence electrons. The molecule has 0 saturated carbocycles. The van der Waals surface area contributed by atoms with E-state index in [-0.39, 0.29) is 12.5 Å². The number of nitrogens with one attached hydrogen (secondary N) is 1. The molecule has 0 aromatic heterocycles. The van der Waals surface area contributed by atoms with Gasteiger partial charge in [0.2, 0.25) is 0 Å². The number of anilines is 1. The lowest BCUT2D eigenvalue weighted by atomic mass is 10.2. The van der Waals surface area contributed by atoms with Crippen molar-refractivity contribution in [2.24, 2.45) is 0 Å². The first kappa shape index (κ1) is 12.7. The van der Waals surface area contributed by atoms with E-state index in [0.29, 0.717) is 17.5 Å². The minimum Gasteiger partial charge on any atom is -0.484 e. The van der Waals surface area contributed by atoms with Crippen molar-refractivity contribution in [3.8, 4) is 5.75 Å². The summed E-state index contributed by atoms with van der Waals surface area (Å²) < 4.78 is 5.45. The minimum absolute atomic E-state index is 0.0192. The van der Waals surface area contributed by atoms with Gasteiger partial charge >= 0.3 is 0 Å². The maximum absolute atomic E-state index is 11.9. The third-order valence-corrected chi connectivity index (χ3v) is 2.94. The zero-order chi connectivity index (χ0) is 13.0. The number of ether oxygens (including phenoxy) is 1. The molecule has 1 aliphatic heterocycles. The van der Waals surface area contributed by atoms with Crippen molar-refractivity contribution in [2.45, 2.75) is 13.0 Å². The number of amides is 1. The van der Waals surface area contributed by atoms with E-state index in [4.69, 9.17) is 10.5 Å². The molecular formula is C13H19N3O2. The lowest BCUT2D eigenvalue weighted by molar-refractivity contribution is -0.134. The predicted octanol–water partition coefficient (Wildman–Crippen LogP) is 0.468. The van der Waals surface area contributed by atoms with Gasteiger partial charge in [-0.05, 0) is 19.1 Å². The maximum atomic E-state index is 11.9. The zero-order valence-electron chi connectivity index (χ0n) is 10.6. The molecule has 5 nitrogen and oxygen atoms in total. The molecule has 0 radical (unpaired) electrons. The fourth-order valence-electron chi connectivity index (χ4n) is 2.00. The van der Waals surface area contributed by atoms with E-state index in [1.807, 2.05) is 11.0 Å². The van der Waals surface area contributed by atoms with Crippen LogP contribution in [0.3, 0.4) is 0 Å². The van der Waals surface area contributed by atoms with Crippen molar-refractivity contribution in [2.75, 3.05) is 32.0 Å². The lowest BCUT2D eigenvalue weighted by Crippen LogP contribution is -2.52. The van der Waals surface area contributed by atoms with Crippen LogP contribution in [-0.4, -0.2) is 43.1 Å². The Balaban J connectivity index is 1.84. The van der Waals surface area contributed by atoms with Crippen LogP contribution in [0.1, 0.15) is 6.92 Å². The number of carbonyl (C=O) groups excluding carboxylic acids is 1. The van der Waals surface area contributed by atoms with E-state index in [1.165, 1.54) is 0 Å². The second kappa shape index (κ2) is 5.73. The summed E-state index contributed by atoms with van der Waals surface area (Å²) in [6.45, 7) is 4.45. The summed E-state index contributed by atoms with van der Waals surface area (Å²) >= 11 is 0. The first-order chi connectivity index (χ1) is 8.65. The Labute approximate surface area is 107 Å². The molecule has 1 aliphatic rings. The number of piperazine rings is 1. The highest BCUT2D eigenvalue weighted by atomic mass is 16.5. The van der Waals surface area contributed by atoms with Gasteiger partial charge in [-0.1, -0.05) is 6.07 Å². The van der Waals surface area contributed by atoms with Gasteiger partial charge in [-0.25, -0.2) is 0 Å². The van der Waals surface area contributed by atoms with E-state index in [1.54, 1.807) is 18.2 Å². The molecule has 0 aliphatic carbocycles. The third-order valence-electron chi connectivity index (χ3n) is 2.94. The molecule has 1 aromatic carbocycles. The molecule has 1 aromatic rings. The molecule has 18 heavy (non-hydrogen) atoms. The standard InChI is InChI=1S/C13H19N3O2/c1-10-8-16(6-5-15-10)13(17)9-18-12-4-2-3-11(14)7-12/h2-4,7,10,15H,5-6,8-9,14H2,1H3. The van der Waals surface area contributed by atoms with Crippen LogP contribution in [0, 0.1) is 0 Å². The summed E-state index contributed by atoms with van der Waals surface area (Å²) in [4.78, 5) is 13.8. The first-order valence-electron chi connectivity index (χ1n) is 6.14. The second-order valence-corrected chi connectivity index (χ2v) is 4.56. The molecule has 1 heterocycles. The van der Waals surface area contributed by atoms with E-state index < -0.39 is 0 Å². The Morgan fingerprint density at radius 2 is 2.44 bits per heavy atom. The molecule has 2 rings (SSSR count). The van der Waals surface area contributed by atoms with Gasteiger partial charge in [0, 0.05) is 37.4 Å². The summed E-state index contributed by atoms with van der Waals surface area (Å²) in [5, 5.41) is 3.30. The monoisotopic (exact) mass is 249 g/mol. The fourth-order valence-corrected chi connectivity index (χ4v) is 2.00. The van der Waals surface area contributed by atoms with Crippen molar-refractivity contribution < 1.29 is 9.53 Å². The molecule has 1 unspecified atom stereocenters. The summed E-state index contributed by atoms with van der Waals surface area (Å²) in [5.41, 5.74) is 6.28. The van der Waals surface area contributed by atoms with Crippen molar-refractivity contribution >= 4 is 11.6 Å². The molecular weight excluding hydrogens is 230 g/mol. The lowest BCUT2D eigenvalue weighted by Gasteiger charge is -2.31. The SMILES string of the molecule is CC1CN(C(=O)COc2cccc(N)c2)CCN1. The summed E-state index contributed by atoms with van der Waals surface area (Å²) in [6, 6.07) is 7.45. The molecule has 1 atom stereocenters. The Bertz CT molecular complexity index is 422. The van der Waals surface area contributed by atoms with Gasteiger partial charge in [0.1, 0.15) is 5.75 Å². The highest BCUT2D eigenvalue weighted by Gasteiger charge is 2.20. The Kier molecular flexibility index (Phi) is 4.04. The van der Waals surface area contributed by atoms with Crippen LogP contribution in [-0.2, 0) is 4.79 Å². The van der Waals surface area contributed by atoms with E-state index in [9.17, 15) is 4.79 Å². The normalized spacial score (nSPS) is 19.6. The molecule has 5 heteroatoms. The molecule has 1 fully saturated rings. The van der Waals surface area contributed by atoms with Crippen molar-refractivity contribution in [1.82, 2.24) is 10.2 Å². The van der Waals surface area contributed by atoms with E-state index in [2.05, 4.69) is 12.2 Å². The summed E-state index contributed by atoms with van der Waals surface area (Å²) in [6.07, 6.45) is 0. The van der Waals surface area contributed by atoms with E-state index in [0.717, 1.165) is 19.6 Å². The molecule has 3 N–H and O–H groups in total. The number of nitrogens with zero attached hydrogens (tertiary/aromatic N) is 1. The average molecular weight is 249 g/mol. The quantitative estimate of drug-likeness (QED) is 0.764. The molecule has 0 spiro atoms. The average Bonchev–Trinajstić information content (AvgIpc) is 2.36. The van der Waals surface area contributed by atoms with Crippen LogP contribution in [0.4, 0.5) is 5.69 Å². The van der Waals surface area contributed by atoms with Gasteiger partial charge in [0.25, 0.3) is 5.91 Å². The third kappa shape index (κ3) is 3.37. The number of hydrogen-bond donors (Lipinski definition) is 2. The molecule has 1 amide bonds. The number of benzene rings is 1. The predicted molar refractivity (Wildman–Crippen MR) is 70.4 cm³/mol. The van der Waals surface area contributed by atoms with Crippen molar-refractivity contribution in [3.05, 3.63) is 24.3 Å². The van der Waals surface area contributed by atoms with Gasteiger partial charge in [-0.15, -0.1) is 0 Å². The number of carbonyl (C=O) groups is 1. The van der Waals surface area contributed by atoms with Gasteiger partial charge in [0.15, 0.2) is 6.61 Å². The van der Waals surface area contributed by atoms with Crippen LogP contribution >= 0.6 is 0 Å². The number of hydrogen-bond acceptors (Lipinski definition) is 4. The number of nitrogens with two attached hydrogens (primary N) is 1. The Morgan fingerprint density at radius 3 is 3.17 bits per heavy atom. The molecule has 1 saturated heterocycles. The summed E-state index contributed by atoms with van der Waals surface area (Å²) in [7, 11) is 0. The largest absolute Gasteiger partial charge is 0.484 e. The molecule has 0 bridgehead atoms. The second-order valence-electron chi connectivity index (χ2n) is 4.56. The minimum atomic E-state index is 0.0192. The highest BCUT2D eigenvalue weighted by Crippen LogP contribution is 2.14. The maximum Gasteiger partial charge on any atom is 0.260 e. The Morgan fingerprint density at radius 1 is 1.61 bits per heavy atom. The zero-order valence-corrected chi connectivity index (χ0v) is 10.6. The topological polar surface area (TPSA) is 67.6 Å². The van der Waals surface area contributed by atoms with Gasteiger partial charge in [-0.3, -0.25) is 4.79 Å². The van der Waals surface area contributed by atoms with Crippen molar-refractivity contribution in [3.63, 3.8) is 0 Å². The summed E-state index contributed by atoms with van der Waals surface area (Å²) in [5.74, 6) is 0.650. The van der Waals surface area contributed by atoms with Crippen LogP contribution in [0.25, 0.3) is 0 Å². The van der Waals surface area contributed by atoms with Gasteiger partial charge in [0.05, 0.1) is 0 Å². The number of nitrogen functional groups attached to an aromatic ring is 1.